The second-order valence-electron chi connectivity index (χ2n) is 4.51. The highest BCUT2D eigenvalue weighted by Crippen LogP contribution is 2.27. The molecular weight excluding hydrogens is 268 g/mol. The Balaban J connectivity index is 2.25. The topological polar surface area (TPSA) is 75.3 Å². The summed E-state index contributed by atoms with van der Waals surface area (Å²) in [6, 6.07) is 15.7. The molecule has 5 heteroatoms. The Morgan fingerprint density at radius 2 is 1.81 bits per heavy atom. The lowest BCUT2D eigenvalue weighted by molar-refractivity contribution is 0.0697. The van der Waals surface area contributed by atoms with Crippen molar-refractivity contribution in [1.29, 1.82) is 0 Å². The molecule has 0 bridgehead atoms. The van der Waals surface area contributed by atoms with Gasteiger partial charge in [0, 0.05) is 11.6 Å². The number of nitrogens with zero attached hydrogens (tertiary/aromatic N) is 2. The van der Waals surface area contributed by atoms with E-state index < -0.39 is 5.97 Å². The molecule has 1 aromatic heterocycles. The van der Waals surface area contributed by atoms with E-state index in [-0.39, 0.29) is 11.3 Å². The van der Waals surface area contributed by atoms with Gasteiger partial charge in [0.25, 0.3) is 0 Å². The normalized spacial score (nSPS) is 10.5. The third-order valence-corrected chi connectivity index (χ3v) is 3.12. The van der Waals surface area contributed by atoms with Crippen LogP contribution in [0.1, 0.15) is 10.4 Å². The van der Waals surface area contributed by atoms with Crippen LogP contribution in [0.2, 0.25) is 0 Å². The predicted molar refractivity (Wildman–Crippen MR) is 77.6 cm³/mol. The Hall–Kier alpha value is -3.08. The second kappa shape index (κ2) is 5.13. The first-order chi connectivity index (χ1) is 10.2. The molecule has 0 saturated heterocycles. The zero-order valence-corrected chi connectivity index (χ0v) is 11.0. The van der Waals surface area contributed by atoms with E-state index in [0.29, 0.717) is 11.4 Å². The number of carboxylic acids is 1. The first-order valence-corrected chi connectivity index (χ1v) is 6.33. The van der Waals surface area contributed by atoms with E-state index in [9.17, 15) is 15.0 Å². The number of carbonyl (C=O) groups is 1. The van der Waals surface area contributed by atoms with Crippen LogP contribution in [-0.2, 0) is 0 Å². The average Bonchev–Trinajstić information content (AvgIpc) is 2.93. The number of aromatic nitrogens is 2. The first kappa shape index (κ1) is 12.9. The Labute approximate surface area is 120 Å². The molecular formula is C16H12N2O3. The molecule has 0 aliphatic heterocycles. The van der Waals surface area contributed by atoms with Crippen LogP contribution in [0.25, 0.3) is 16.9 Å². The molecule has 0 saturated carbocycles. The van der Waals surface area contributed by atoms with E-state index in [0.717, 1.165) is 5.56 Å². The summed E-state index contributed by atoms with van der Waals surface area (Å²) in [5, 5.41) is 23.1. The van der Waals surface area contributed by atoms with Gasteiger partial charge in [-0.2, -0.15) is 5.10 Å². The van der Waals surface area contributed by atoms with Crippen LogP contribution in [-0.4, -0.2) is 26.0 Å². The summed E-state index contributed by atoms with van der Waals surface area (Å²) in [5.74, 6) is -0.945. The fourth-order valence-corrected chi connectivity index (χ4v) is 2.20. The number of phenols is 1. The molecule has 104 valence electrons. The highest BCUT2D eigenvalue weighted by Gasteiger charge is 2.19. The van der Waals surface area contributed by atoms with Gasteiger partial charge in [-0.05, 0) is 12.1 Å². The van der Waals surface area contributed by atoms with Crippen LogP contribution in [0.15, 0.2) is 60.8 Å². The second-order valence-corrected chi connectivity index (χ2v) is 4.51. The minimum absolute atomic E-state index is 0.0962. The molecule has 0 fully saturated rings. The van der Waals surface area contributed by atoms with E-state index in [1.807, 2.05) is 30.3 Å². The molecule has 0 radical (unpaired) electrons. The standard InChI is InChI=1S/C16H12N2O3/c19-13-8-4-7-12(9-13)18-15(11-5-2-1-3-6-11)14(10-17-18)16(20)21/h1-10,19H,(H,20,21). The summed E-state index contributed by atoms with van der Waals surface area (Å²) >= 11 is 0. The van der Waals surface area contributed by atoms with Crippen molar-refractivity contribution in [2.24, 2.45) is 0 Å². The third-order valence-electron chi connectivity index (χ3n) is 3.12. The summed E-state index contributed by atoms with van der Waals surface area (Å²) in [7, 11) is 0. The number of carboxylic acid groups (broad SMARTS) is 1. The maximum absolute atomic E-state index is 11.4. The zero-order valence-electron chi connectivity index (χ0n) is 11.0. The molecule has 0 unspecified atom stereocenters. The van der Waals surface area contributed by atoms with Crippen molar-refractivity contribution in [3.63, 3.8) is 0 Å². The van der Waals surface area contributed by atoms with Crippen LogP contribution < -0.4 is 0 Å². The van der Waals surface area contributed by atoms with Crippen LogP contribution in [0.4, 0.5) is 0 Å². The molecule has 0 aliphatic carbocycles. The molecule has 2 N–H and O–H groups in total. The number of hydrogen-bond donors (Lipinski definition) is 2. The van der Waals surface area contributed by atoms with Gasteiger partial charge in [-0.3, -0.25) is 0 Å². The van der Waals surface area contributed by atoms with E-state index in [2.05, 4.69) is 5.10 Å². The van der Waals surface area contributed by atoms with E-state index in [1.165, 1.54) is 16.9 Å². The summed E-state index contributed by atoms with van der Waals surface area (Å²) in [4.78, 5) is 11.4. The molecule has 2 aromatic carbocycles. The van der Waals surface area contributed by atoms with Gasteiger partial charge in [0.1, 0.15) is 11.3 Å². The van der Waals surface area contributed by atoms with E-state index >= 15 is 0 Å². The van der Waals surface area contributed by atoms with Gasteiger partial charge in [0.05, 0.1) is 17.6 Å². The highest BCUT2D eigenvalue weighted by atomic mass is 16.4. The van der Waals surface area contributed by atoms with Crippen molar-refractivity contribution in [3.8, 4) is 22.7 Å². The Morgan fingerprint density at radius 3 is 2.48 bits per heavy atom. The Bertz CT molecular complexity index is 794. The Morgan fingerprint density at radius 1 is 1.05 bits per heavy atom. The molecule has 0 spiro atoms. The molecule has 0 amide bonds. The smallest absolute Gasteiger partial charge is 0.339 e. The number of phenolic OH excluding ortho intramolecular Hbond substituents is 1. The summed E-state index contributed by atoms with van der Waals surface area (Å²) in [6.07, 6.45) is 1.31. The molecule has 0 aliphatic rings. The molecule has 3 aromatic rings. The van der Waals surface area contributed by atoms with Crippen molar-refractivity contribution in [3.05, 3.63) is 66.4 Å². The molecule has 5 nitrogen and oxygen atoms in total. The minimum atomic E-state index is -1.04. The van der Waals surface area contributed by atoms with Gasteiger partial charge in [0.2, 0.25) is 0 Å². The van der Waals surface area contributed by atoms with Gasteiger partial charge in [0.15, 0.2) is 0 Å². The van der Waals surface area contributed by atoms with Crippen LogP contribution in [0, 0.1) is 0 Å². The third kappa shape index (κ3) is 2.36. The van der Waals surface area contributed by atoms with E-state index in [1.54, 1.807) is 18.2 Å². The number of hydrogen-bond acceptors (Lipinski definition) is 3. The summed E-state index contributed by atoms with van der Waals surface area (Å²) in [5.41, 5.74) is 1.94. The maximum atomic E-state index is 11.4. The SMILES string of the molecule is O=C(O)c1cnn(-c2cccc(O)c2)c1-c1ccccc1. The number of aromatic hydroxyl groups is 1. The van der Waals surface area contributed by atoms with Gasteiger partial charge >= 0.3 is 5.97 Å². The number of benzene rings is 2. The molecule has 3 rings (SSSR count). The van der Waals surface area contributed by atoms with Crippen molar-refractivity contribution in [1.82, 2.24) is 9.78 Å². The molecule has 21 heavy (non-hydrogen) atoms. The van der Waals surface area contributed by atoms with Crippen LogP contribution in [0.3, 0.4) is 0 Å². The average molecular weight is 280 g/mol. The first-order valence-electron chi connectivity index (χ1n) is 6.33. The summed E-state index contributed by atoms with van der Waals surface area (Å²) in [6.45, 7) is 0. The van der Waals surface area contributed by atoms with Crippen LogP contribution >= 0.6 is 0 Å². The maximum Gasteiger partial charge on any atom is 0.339 e. The lowest BCUT2D eigenvalue weighted by atomic mass is 10.1. The van der Waals surface area contributed by atoms with Gasteiger partial charge in [-0.1, -0.05) is 36.4 Å². The predicted octanol–water partition coefficient (Wildman–Crippen LogP) is 2.94. The molecule has 1 heterocycles. The van der Waals surface area contributed by atoms with Crippen molar-refractivity contribution in [2.45, 2.75) is 0 Å². The van der Waals surface area contributed by atoms with Crippen molar-refractivity contribution >= 4 is 5.97 Å². The van der Waals surface area contributed by atoms with Crippen LogP contribution in [0.5, 0.6) is 5.75 Å². The lowest BCUT2D eigenvalue weighted by Gasteiger charge is -2.09. The fourth-order valence-electron chi connectivity index (χ4n) is 2.20. The van der Waals surface area contributed by atoms with Crippen molar-refractivity contribution < 1.29 is 15.0 Å². The quantitative estimate of drug-likeness (QED) is 0.773. The monoisotopic (exact) mass is 280 g/mol. The number of rotatable bonds is 3. The van der Waals surface area contributed by atoms with Gasteiger partial charge in [-0.15, -0.1) is 0 Å². The van der Waals surface area contributed by atoms with E-state index in [4.69, 9.17) is 0 Å². The van der Waals surface area contributed by atoms with Crippen molar-refractivity contribution in [2.75, 3.05) is 0 Å². The highest BCUT2D eigenvalue weighted by molar-refractivity contribution is 5.95. The van der Waals surface area contributed by atoms with Gasteiger partial charge < -0.3 is 10.2 Å². The number of aromatic carboxylic acids is 1. The largest absolute Gasteiger partial charge is 0.508 e. The fraction of sp³-hybridized carbons (Fsp3) is 0. The molecule has 0 atom stereocenters. The Kier molecular flexibility index (Phi) is 3.16. The minimum Gasteiger partial charge on any atom is -0.508 e. The summed E-state index contributed by atoms with van der Waals surface area (Å²) < 4.78 is 1.51. The zero-order chi connectivity index (χ0) is 14.8. The van der Waals surface area contributed by atoms with Gasteiger partial charge in [-0.25, -0.2) is 9.48 Å². The lowest BCUT2D eigenvalue weighted by Crippen LogP contribution is -2.02.